The van der Waals surface area contributed by atoms with Gasteiger partial charge in [-0.2, -0.15) is 0 Å². The zero-order valence-corrected chi connectivity index (χ0v) is 15.8. The summed E-state index contributed by atoms with van der Waals surface area (Å²) in [6, 6.07) is 15.4. The summed E-state index contributed by atoms with van der Waals surface area (Å²) in [5, 5.41) is 11.8. The lowest BCUT2D eigenvalue weighted by Crippen LogP contribution is -2.17. The van der Waals surface area contributed by atoms with Crippen molar-refractivity contribution < 1.29 is 19.1 Å². The van der Waals surface area contributed by atoms with E-state index in [2.05, 4.69) is 5.32 Å². The van der Waals surface area contributed by atoms with Crippen molar-refractivity contribution in [2.24, 2.45) is 0 Å². The topological polar surface area (TPSA) is 66.4 Å². The van der Waals surface area contributed by atoms with Crippen LogP contribution in [-0.4, -0.2) is 17.0 Å². The number of benzene rings is 3. The predicted molar refractivity (Wildman–Crippen MR) is 107 cm³/mol. The van der Waals surface area contributed by atoms with Crippen LogP contribution >= 0.6 is 0 Å². The molecular weight excluding hydrogens is 357 g/mol. The lowest BCUT2D eigenvalue weighted by atomic mass is 9.98. The summed E-state index contributed by atoms with van der Waals surface area (Å²) < 4.78 is 15.2. The zero-order chi connectivity index (χ0) is 20.4. The van der Waals surface area contributed by atoms with Crippen LogP contribution in [0.15, 0.2) is 54.6 Å². The highest BCUT2D eigenvalue weighted by atomic mass is 19.1. The number of aromatic carboxylic acids is 1. The second kappa shape index (κ2) is 7.64. The zero-order valence-electron chi connectivity index (χ0n) is 15.8. The van der Waals surface area contributed by atoms with Crippen LogP contribution in [0.1, 0.15) is 37.4 Å². The minimum absolute atomic E-state index is 0.111. The molecule has 0 fully saturated rings. The highest BCUT2D eigenvalue weighted by Crippen LogP contribution is 2.31. The maximum absolute atomic E-state index is 15.2. The van der Waals surface area contributed by atoms with Gasteiger partial charge < -0.3 is 10.4 Å². The van der Waals surface area contributed by atoms with Crippen LogP contribution in [0.5, 0.6) is 0 Å². The molecule has 3 aromatic carbocycles. The third kappa shape index (κ3) is 3.64. The molecule has 0 heterocycles. The Balaban J connectivity index is 2.01. The third-order valence-corrected chi connectivity index (χ3v) is 4.68. The van der Waals surface area contributed by atoms with E-state index in [1.54, 1.807) is 45.0 Å². The van der Waals surface area contributed by atoms with Gasteiger partial charge in [-0.1, -0.05) is 42.5 Å². The largest absolute Gasteiger partial charge is 0.478 e. The Hall–Kier alpha value is -3.47. The normalized spacial score (nSPS) is 10.6. The van der Waals surface area contributed by atoms with Gasteiger partial charge in [-0.15, -0.1) is 0 Å². The lowest BCUT2D eigenvalue weighted by Gasteiger charge is -2.15. The Kier molecular flexibility index (Phi) is 5.27. The number of carbonyl (C=O) groups is 2. The Bertz CT molecular complexity index is 1050. The van der Waals surface area contributed by atoms with Crippen molar-refractivity contribution in [3.8, 4) is 11.1 Å². The van der Waals surface area contributed by atoms with Crippen molar-refractivity contribution in [3.63, 3.8) is 0 Å². The molecule has 0 bridgehead atoms. The van der Waals surface area contributed by atoms with Crippen LogP contribution in [0.3, 0.4) is 0 Å². The van der Waals surface area contributed by atoms with Crippen LogP contribution < -0.4 is 5.32 Å². The predicted octanol–water partition coefficient (Wildman–Crippen LogP) is 5.37. The maximum Gasteiger partial charge on any atom is 0.335 e. The number of amides is 1. The molecule has 3 aromatic rings. The van der Waals surface area contributed by atoms with Crippen molar-refractivity contribution in [1.29, 1.82) is 0 Å². The molecule has 0 spiro atoms. The van der Waals surface area contributed by atoms with Gasteiger partial charge in [0.1, 0.15) is 0 Å². The molecule has 0 saturated carbocycles. The van der Waals surface area contributed by atoms with Gasteiger partial charge in [0.25, 0.3) is 5.91 Å². The summed E-state index contributed by atoms with van der Waals surface area (Å²) in [5.41, 5.74) is 3.33. The summed E-state index contributed by atoms with van der Waals surface area (Å²) in [6.07, 6.45) is 0. The first-order chi connectivity index (χ1) is 13.3. The monoisotopic (exact) mass is 377 g/mol. The van der Waals surface area contributed by atoms with Crippen molar-refractivity contribution in [2.45, 2.75) is 20.8 Å². The average molecular weight is 377 g/mol. The smallest absolute Gasteiger partial charge is 0.335 e. The van der Waals surface area contributed by atoms with Gasteiger partial charge in [0, 0.05) is 11.1 Å². The molecule has 0 aliphatic carbocycles. The van der Waals surface area contributed by atoms with Crippen molar-refractivity contribution in [1.82, 2.24) is 0 Å². The number of hydrogen-bond donors (Lipinski definition) is 2. The van der Waals surface area contributed by atoms with E-state index in [1.807, 2.05) is 18.2 Å². The molecule has 142 valence electrons. The molecule has 0 unspecified atom stereocenters. The molecule has 5 heteroatoms. The van der Waals surface area contributed by atoms with Crippen LogP contribution in [0.25, 0.3) is 11.1 Å². The minimum Gasteiger partial charge on any atom is -0.478 e. The summed E-state index contributed by atoms with van der Waals surface area (Å²) in [7, 11) is 0. The Morgan fingerprint density at radius 2 is 1.50 bits per heavy atom. The van der Waals surface area contributed by atoms with Gasteiger partial charge in [-0.25, -0.2) is 9.18 Å². The van der Waals surface area contributed by atoms with Crippen molar-refractivity contribution >= 4 is 17.6 Å². The van der Waals surface area contributed by atoms with E-state index in [4.69, 9.17) is 5.11 Å². The van der Waals surface area contributed by atoms with Crippen LogP contribution in [-0.2, 0) is 0 Å². The maximum atomic E-state index is 15.2. The van der Waals surface area contributed by atoms with Crippen LogP contribution in [0, 0.1) is 26.6 Å². The first kappa shape index (κ1) is 19.3. The molecule has 0 aliphatic heterocycles. The SMILES string of the molecule is Cc1ccc(-c2ccccc2)c(F)c1NC(=O)c1c(C)cc(C(=O)O)cc1C. The van der Waals surface area contributed by atoms with Crippen LogP contribution in [0.4, 0.5) is 10.1 Å². The lowest BCUT2D eigenvalue weighted by molar-refractivity contribution is 0.0696. The molecule has 0 aliphatic rings. The minimum atomic E-state index is -1.06. The molecular formula is C23H20FNO3. The van der Waals surface area contributed by atoms with E-state index >= 15 is 4.39 Å². The van der Waals surface area contributed by atoms with Gasteiger partial charge >= 0.3 is 5.97 Å². The molecule has 4 nitrogen and oxygen atoms in total. The Morgan fingerprint density at radius 1 is 0.893 bits per heavy atom. The van der Waals surface area contributed by atoms with E-state index in [9.17, 15) is 9.59 Å². The molecule has 28 heavy (non-hydrogen) atoms. The first-order valence-electron chi connectivity index (χ1n) is 8.80. The summed E-state index contributed by atoms with van der Waals surface area (Å²) in [5.74, 6) is -2.04. The number of carboxylic acid groups (broad SMARTS) is 1. The quantitative estimate of drug-likeness (QED) is 0.642. The van der Waals surface area contributed by atoms with Crippen LogP contribution in [0.2, 0.25) is 0 Å². The Morgan fingerprint density at radius 3 is 2.07 bits per heavy atom. The number of anilines is 1. The molecule has 0 aromatic heterocycles. The van der Waals surface area contributed by atoms with E-state index < -0.39 is 17.7 Å². The number of carboxylic acids is 1. The van der Waals surface area contributed by atoms with E-state index in [-0.39, 0.29) is 11.3 Å². The van der Waals surface area contributed by atoms with Gasteiger partial charge in [-0.05, 0) is 55.2 Å². The highest BCUT2D eigenvalue weighted by Gasteiger charge is 2.19. The van der Waals surface area contributed by atoms with Crippen molar-refractivity contribution in [2.75, 3.05) is 5.32 Å². The first-order valence-corrected chi connectivity index (χ1v) is 8.80. The van der Waals surface area contributed by atoms with Gasteiger partial charge in [-0.3, -0.25) is 4.79 Å². The van der Waals surface area contributed by atoms with E-state index in [0.717, 1.165) is 0 Å². The fourth-order valence-electron chi connectivity index (χ4n) is 3.29. The number of rotatable bonds is 4. The number of nitrogens with one attached hydrogen (secondary N) is 1. The summed E-state index contributed by atoms with van der Waals surface area (Å²) in [6.45, 7) is 5.05. The highest BCUT2D eigenvalue weighted by molar-refractivity contribution is 6.07. The van der Waals surface area contributed by atoms with Gasteiger partial charge in [0.15, 0.2) is 5.82 Å². The van der Waals surface area contributed by atoms with Crippen molar-refractivity contribution in [3.05, 3.63) is 88.2 Å². The number of carbonyl (C=O) groups excluding carboxylic acids is 1. The fraction of sp³-hybridized carbons (Fsp3) is 0.130. The molecule has 0 atom stereocenters. The third-order valence-electron chi connectivity index (χ3n) is 4.68. The standard InChI is InChI=1S/C23H20FNO3/c1-13-9-10-18(16-7-5-4-6-8-16)20(24)21(13)25-22(26)19-14(2)11-17(23(27)28)12-15(19)3/h4-12H,1-3H3,(H,25,26)(H,27,28). The van der Waals surface area contributed by atoms with E-state index in [0.29, 0.717) is 33.4 Å². The molecule has 1 amide bonds. The van der Waals surface area contributed by atoms with Gasteiger partial charge in [0.05, 0.1) is 11.3 Å². The number of hydrogen-bond acceptors (Lipinski definition) is 2. The average Bonchev–Trinajstić information content (AvgIpc) is 2.65. The summed E-state index contributed by atoms with van der Waals surface area (Å²) in [4.78, 5) is 24.1. The number of halogens is 1. The molecule has 2 N–H and O–H groups in total. The molecule has 3 rings (SSSR count). The second-order valence-electron chi connectivity index (χ2n) is 6.73. The Labute approximate surface area is 162 Å². The van der Waals surface area contributed by atoms with E-state index in [1.165, 1.54) is 12.1 Å². The number of aryl methyl sites for hydroxylation is 3. The molecule has 0 saturated heterocycles. The molecule has 0 radical (unpaired) electrons. The fourth-order valence-corrected chi connectivity index (χ4v) is 3.29. The van der Waals surface area contributed by atoms with Gasteiger partial charge in [0.2, 0.25) is 0 Å². The summed E-state index contributed by atoms with van der Waals surface area (Å²) >= 11 is 0. The second-order valence-corrected chi connectivity index (χ2v) is 6.73.